The van der Waals surface area contributed by atoms with Crippen molar-refractivity contribution in [3.63, 3.8) is 0 Å². The lowest BCUT2D eigenvalue weighted by molar-refractivity contribution is -0.141. The maximum atomic E-state index is 12.4. The second-order valence-corrected chi connectivity index (χ2v) is 3.46. The molecule has 0 amide bonds. The summed E-state index contributed by atoms with van der Waals surface area (Å²) in [4.78, 5) is 3.81. The summed E-state index contributed by atoms with van der Waals surface area (Å²) in [6.45, 7) is 0. The van der Waals surface area contributed by atoms with Gasteiger partial charge in [0.05, 0.1) is 5.69 Å². The summed E-state index contributed by atoms with van der Waals surface area (Å²) in [5.74, 6) is -0.264. The molecule has 0 atom stereocenters. The number of aromatic nitrogens is 3. The number of nitrogens with one attached hydrogen (secondary N) is 1. The van der Waals surface area contributed by atoms with Crippen LogP contribution >= 0.6 is 0 Å². The van der Waals surface area contributed by atoms with Crippen molar-refractivity contribution in [2.75, 3.05) is 0 Å². The van der Waals surface area contributed by atoms with Crippen LogP contribution in [0.4, 0.5) is 13.2 Å². The summed E-state index contributed by atoms with van der Waals surface area (Å²) in [5, 5.41) is 10.6. The average Bonchev–Trinajstić information content (AvgIpc) is 2.78. The fraction of sp³-hybridized carbons (Fsp3) is 0.100. The van der Waals surface area contributed by atoms with E-state index in [4.69, 9.17) is 11.1 Å². The SMILES string of the molecule is N=C(N)c1cc(-n2ccc(C(F)(F)F)n2)ccn1. The third-order valence-electron chi connectivity index (χ3n) is 2.16. The van der Waals surface area contributed by atoms with E-state index < -0.39 is 11.9 Å². The molecule has 94 valence electrons. The Labute approximate surface area is 99.6 Å². The minimum Gasteiger partial charge on any atom is -0.382 e. The van der Waals surface area contributed by atoms with Crippen molar-refractivity contribution in [3.05, 3.63) is 42.0 Å². The highest BCUT2D eigenvalue weighted by Gasteiger charge is 2.33. The Bertz CT molecular complexity index is 587. The number of nitrogens with zero attached hydrogens (tertiary/aromatic N) is 3. The van der Waals surface area contributed by atoms with E-state index in [1.807, 2.05) is 0 Å². The second-order valence-electron chi connectivity index (χ2n) is 3.46. The Morgan fingerprint density at radius 1 is 1.33 bits per heavy atom. The van der Waals surface area contributed by atoms with E-state index in [2.05, 4.69) is 10.1 Å². The number of rotatable bonds is 2. The van der Waals surface area contributed by atoms with Crippen molar-refractivity contribution in [1.29, 1.82) is 5.41 Å². The van der Waals surface area contributed by atoms with Crippen molar-refractivity contribution in [2.24, 2.45) is 5.73 Å². The van der Waals surface area contributed by atoms with Crippen LogP contribution < -0.4 is 5.73 Å². The zero-order valence-corrected chi connectivity index (χ0v) is 8.94. The molecule has 2 heterocycles. The number of nitrogens with two attached hydrogens (primary N) is 1. The number of nitrogen functional groups attached to an aromatic ring is 1. The van der Waals surface area contributed by atoms with Crippen molar-refractivity contribution < 1.29 is 13.2 Å². The molecular formula is C10H8F3N5. The molecule has 0 aromatic carbocycles. The Hall–Kier alpha value is -2.38. The van der Waals surface area contributed by atoms with E-state index >= 15 is 0 Å². The van der Waals surface area contributed by atoms with Crippen LogP contribution in [0.5, 0.6) is 0 Å². The van der Waals surface area contributed by atoms with Crippen LogP contribution in [0.2, 0.25) is 0 Å². The van der Waals surface area contributed by atoms with Crippen LogP contribution in [0, 0.1) is 5.41 Å². The van der Waals surface area contributed by atoms with Crippen molar-refractivity contribution >= 4 is 5.84 Å². The van der Waals surface area contributed by atoms with Gasteiger partial charge in [-0.25, -0.2) is 4.68 Å². The van der Waals surface area contributed by atoms with Crippen LogP contribution in [0.15, 0.2) is 30.6 Å². The molecule has 0 saturated carbocycles. The Morgan fingerprint density at radius 2 is 2.06 bits per heavy atom. The molecule has 0 aliphatic heterocycles. The topological polar surface area (TPSA) is 80.6 Å². The number of hydrogen-bond acceptors (Lipinski definition) is 3. The lowest BCUT2D eigenvalue weighted by Crippen LogP contribution is -2.13. The van der Waals surface area contributed by atoms with Gasteiger partial charge in [0.1, 0.15) is 11.5 Å². The zero-order chi connectivity index (χ0) is 13.3. The summed E-state index contributed by atoms with van der Waals surface area (Å²) >= 11 is 0. The van der Waals surface area contributed by atoms with Gasteiger partial charge in [0, 0.05) is 12.4 Å². The molecule has 0 spiro atoms. The minimum atomic E-state index is -4.48. The lowest BCUT2D eigenvalue weighted by atomic mass is 10.3. The highest BCUT2D eigenvalue weighted by Crippen LogP contribution is 2.27. The van der Waals surface area contributed by atoms with E-state index in [1.54, 1.807) is 0 Å². The molecule has 2 aromatic heterocycles. The van der Waals surface area contributed by atoms with Gasteiger partial charge < -0.3 is 5.73 Å². The predicted molar refractivity (Wildman–Crippen MR) is 57.4 cm³/mol. The average molecular weight is 255 g/mol. The van der Waals surface area contributed by atoms with Crippen LogP contribution in [0.3, 0.4) is 0 Å². The lowest BCUT2D eigenvalue weighted by Gasteiger charge is -2.04. The van der Waals surface area contributed by atoms with Crippen LogP contribution in [0.1, 0.15) is 11.4 Å². The van der Waals surface area contributed by atoms with Gasteiger partial charge in [-0.3, -0.25) is 10.4 Å². The third-order valence-corrected chi connectivity index (χ3v) is 2.16. The predicted octanol–water partition coefficient (Wildman–Crippen LogP) is 1.57. The van der Waals surface area contributed by atoms with Crippen LogP contribution in [0.25, 0.3) is 5.69 Å². The molecule has 8 heteroatoms. The quantitative estimate of drug-likeness (QED) is 0.631. The van der Waals surface area contributed by atoms with Crippen molar-refractivity contribution in [2.45, 2.75) is 6.18 Å². The van der Waals surface area contributed by atoms with Gasteiger partial charge in [0.15, 0.2) is 5.69 Å². The summed E-state index contributed by atoms with van der Waals surface area (Å²) in [5.41, 5.74) is 4.79. The number of pyridine rings is 1. The Morgan fingerprint density at radius 3 is 2.61 bits per heavy atom. The monoisotopic (exact) mass is 255 g/mol. The zero-order valence-electron chi connectivity index (χ0n) is 8.94. The fourth-order valence-electron chi connectivity index (χ4n) is 1.33. The maximum Gasteiger partial charge on any atom is 0.435 e. The van der Waals surface area contributed by atoms with E-state index in [9.17, 15) is 13.2 Å². The van der Waals surface area contributed by atoms with Crippen molar-refractivity contribution in [1.82, 2.24) is 14.8 Å². The molecule has 18 heavy (non-hydrogen) atoms. The molecule has 0 aliphatic carbocycles. The molecule has 0 fully saturated rings. The first-order valence-electron chi connectivity index (χ1n) is 4.81. The van der Waals surface area contributed by atoms with Gasteiger partial charge in [-0.2, -0.15) is 18.3 Å². The maximum absolute atomic E-state index is 12.4. The molecule has 0 radical (unpaired) electrons. The summed E-state index contributed by atoms with van der Waals surface area (Å²) < 4.78 is 38.2. The van der Waals surface area contributed by atoms with E-state index in [-0.39, 0.29) is 11.5 Å². The molecule has 2 rings (SSSR count). The molecule has 0 aliphatic rings. The molecule has 0 saturated heterocycles. The highest BCUT2D eigenvalue weighted by molar-refractivity contribution is 5.93. The minimum absolute atomic E-state index is 0.177. The smallest absolute Gasteiger partial charge is 0.382 e. The molecule has 0 bridgehead atoms. The van der Waals surface area contributed by atoms with Gasteiger partial charge in [-0.15, -0.1) is 0 Å². The van der Waals surface area contributed by atoms with E-state index in [0.717, 1.165) is 10.7 Å². The third kappa shape index (κ3) is 2.31. The molecule has 3 N–H and O–H groups in total. The second kappa shape index (κ2) is 4.13. The summed E-state index contributed by atoms with van der Waals surface area (Å²) in [6, 6.07) is 3.73. The standard InChI is InChI=1S/C10H8F3N5/c11-10(12,13)8-2-4-18(17-8)6-1-3-16-7(5-6)9(14)15/h1-5H,(H3,14,15). The summed E-state index contributed by atoms with van der Waals surface area (Å²) in [7, 11) is 0. The number of halogens is 3. The van der Waals surface area contributed by atoms with Gasteiger partial charge in [0.25, 0.3) is 0 Å². The number of amidine groups is 1. The number of hydrogen-bond donors (Lipinski definition) is 2. The van der Waals surface area contributed by atoms with E-state index in [0.29, 0.717) is 5.69 Å². The summed E-state index contributed by atoms with van der Waals surface area (Å²) in [6.07, 6.45) is -1.95. The van der Waals surface area contributed by atoms with Gasteiger partial charge in [0.2, 0.25) is 0 Å². The van der Waals surface area contributed by atoms with Crippen molar-refractivity contribution in [3.8, 4) is 5.69 Å². The van der Waals surface area contributed by atoms with E-state index in [1.165, 1.54) is 24.5 Å². The largest absolute Gasteiger partial charge is 0.435 e. The van der Waals surface area contributed by atoms with Gasteiger partial charge in [-0.1, -0.05) is 0 Å². The normalized spacial score (nSPS) is 11.5. The molecule has 0 unspecified atom stereocenters. The first kappa shape index (κ1) is 12.1. The molecule has 5 nitrogen and oxygen atoms in total. The first-order valence-corrected chi connectivity index (χ1v) is 4.81. The molecular weight excluding hydrogens is 247 g/mol. The van der Waals surface area contributed by atoms with Gasteiger partial charge >= 0.3 is 6.18 Å². The Kier molecular flexibility index (Phi) is 2.77. The van der Waals surface area contributed by atoms with Gasteiger partial charge in [-0.05, 0) is 18.2 Å². The Balaban J connectivity index is 2.40. The number of alkyl halides is 3. The first-order chi connectivity index (χ1) is 8.38. The molecule has 2 aromatic rings. The highest BCUT2D eigenvalue weighted by atomic mass is 19.4. The fourth-order valence-corrected chi connectivity index (χ4v) is 1.33. The van der Waals surface area contributed by atoms with Crippen LogP contribution in [-0.4, -0.2) is 20.6 Å². The van der Waals surface area contributed by atoms with Crippen LogP contribution in [-0.2, 0) is 6.18 Å².